The van der Waals surface area contributed by atoms with E-state index in [1.807, 2.05) is 17.7 Å². The molecule has 3 rings (SSSR count). The van der Waals surface area contributed by atoms with Crippen LogP contribution >= 0.6 is 0 Å². The van der Waals surface area contributed by atoms with Gasteiger partial charge < -0.3 is 10.4 Å². The molecule has 0 saturated heterocycles. The lowest BCUT2D eigenvalue weighted by atomic mass is 9.98. The molecule has 0 spiro atoms. The predicted octanol–water partition coefficient (Wildman–Crippen LogP) is 4.12. The first-order chi connectivity index (χ1) is 21.5. The number of aryl methyl sites for hydroxylation is 1. The molecular formula is C30H35F3N4O7S2. The van der Waals surface area contributed by atoms with Crippen molar-refractivity contribution in [2.45, 2.75) is 50.2 Å². The Kier molecular flexibility index (Phi) is 12.4. The molecule has 0 aliphatic heterocycles. The number of carboxylic acid groups (broad SMARTS) is 1. The van der Waals surface area contributed by atoms with Crippen LogP contribution in [0.15, 0.2) is 71.9 Å². The third-order valence-corrected chi connectivity index (χ3v) is 10.4. The van der Waals surface area contributed by atoms with Gasteiger partial charge in [0.1, 0.15) is 6.54 Å². The topological polar surface area (TPSA) is 163 Å². The molecule has 0 unspecified atom stereocenters. The molecule has 0 aliphatic carbocycles. The van der Waals surface area contributed by atoms with E-state index in [4.69, 9.17) is 5.11 Å². The third-order valence-electron chi connectivity index (χ3n) is 7.08. The van der Waals surface area contributed by atoms with Crippen molar-refractivity contribution in [3.05, 3.63) is 83.7 Å². The number of unbranched alkanes of at least 4 members (excludes halogenated alkanes) is 1. The van der Waals surface area contributed by atoms with Crippen molar-refractivity contribution in [2.24, 2.45) is 0 Å². The minimum absolute atomic E-state index is 0.104. The lowest BCUT2D eigenvalue weighted by molar-refractivity contribution is -0.140. The number of carbonyl (C=O) groups is 2. The molecule has 0 radical (unpaired) electrons. The number of aromatic nitrogens is 1. The SMILES string of the molecule is Cc1cnccc1-c1cccc([C@H](C)N(CCCCC(=O)NCCS(=O)(=O)NCC(=O)O)S(=O)(=O)c2ccccc2C(F)(F)F)c1. The number of aliphatic carboxylic acids is 1. The summed E-state index contributed by atoms with van der Waals surface area (Å²) < 4.78 is 96.0. The fourth-order valence-electron chi connectivity index (χ4n) is 4.71. The number of amides is 1. The van der Waals surface area contributed by atoms with Gasteiger partial charge in [-0.3, -0.25) is 14.6 Å². The maximum atomic E-state index is 13.9. The summed E-state index contributed by atoms with van der Waals surface area (Å²) in [4.78, 5) is 26.0. The fraction of sp³-hybridized carbons (Fsp3) is 0.367. The molecular weight excluding hydrogens is 649 g/mol. The Hall–Kier alpha value is -3.86. The third kappa shape index (κ3) is 10.1. The first kappa shape index (κ1) is 36.6. The molecule has 3 N–H and O–H groups in total. The average molecular weight is 685 g/mol. The maximum absolute atomic E-state index is 13.9. The van der Waals surface area contributed by atoms with E-state index in [-0.39, 0.29) is 32.4 Å². The summed E-state index contributed by atoms with van der Waals surface area (Å²) in [6, 6.07) is 11.9. The first-order valence-corrected chi connectivity index (χ1v) is 17.3. The van der Waals surface area contributed by atoms with E-state index in [1.165, 1.54) is 6.07 Å². The standard InChI is InChI=1S/C30H35F3N4O7S2/c1-21-19-34-14-13-25(21)24-9-7-8-23(18-24)22(2)37(46(43,44)27-11-4-3-10-26(27)30(31,32)33)16-6-5-12-28(38)35-15-17-45(41,42)36-20-29(39)40/h3-4,7-11,13-14,18-19,22,36H,5-6,12,15-17,20H2,1-2H3,(H,35,38)(H,39,40)/t22-/m0/s1. The number of alkyl halides is 3. The van der Waals surface area contributed by atoms with Crippen LogP contribution < -0.4 is 10.0 Å². The quantitative estimate of drug-likeness (QED) is 0.190. The highest BCUT2D eigenvalue weighted by Gasteiger charge is 2.40. The average Bonchev–Trinajstić information content (AvgIpc) is 2.99. The molecule has 3 aromatic rings. The van der Waals surface area contributed by atoms with Gasteiger partial charge in [-0.25, -0.2) is 21.6 Å². The Morgan fingerprint density at radius 3 is 2.41 bits per heavy atom. The van der Waals surface area contributed by atoms with E-state index >= 15 is 0 Å². The van der Waals surface area contributed by atoms with Crippen molar-refractivity contribution in [3.8, 4) is 11.1 Å². The number of hydrogen-bond donors (Lipinski definition) is 3. The minimum Gasteiger partial charge on any atom is -0.480 e. The van der Waals surface area contributed by atoms with Gasteiger partial charge in [0.05, 0.1) is 16.2 Å². The Labute approximate surface area is 266 Å². The highest BCUT2D eigenvalue weighted by Crippen LogP contribution is 2.38. The molecule has 1 heterocycles. The lowest BCUT2D eigenvalue weighted by Crippen LogP contribution is -2.37. The van der Waals surface area contributed by atoms with E-state index in [9.17, 15) is 39.6 Å². The first-order valence-electron chi connectivity index (χ1n) is 14.2. The largest absolute Gasteiger partial charge is 0.480 e. The molecule has 16 heteroatoms. The van der Waals surface area contributed by atoms with Gasteiger partial charge in [-0.05, 0) is 73.2 Å². The zero-order valence-corrected chi connectivity index (χ0v) is 26.8. The second-order valence-electron chi connectivity index (χ2n) is 10.4. The van der Waals surface area contributed by atoms with Gasteiger partial charge in [0.2, 0.25) is 26.0 Å². The van der Waals surface area contributed by atoms with E-state index in [0.717, 1.165) is 33.1 Å². The second-order valence-corrected chi connectivity index (χ2v) is 14.2. The summed E-state index contributed by atoms with van der Waals surface area (Å²) in [7, 11) is -8.63. The normalized spacial score (nSPS) is 13.0. The van der Waals surface area contributed by atoms with Gasteiger partial charge in [0.15, 0.2) is 0 Å². The van der Waals surface area contributed by atoms with Gasteiger partial charge in [0, 0.05) is 37.9 Å². The molecule has 1 amide bonds. The van der Waals surface area contributed by atoms with Crippen LogP contribution in [-0.4, -0.2) is 68.5 Å². The number of nitrogens with zero attached hydrogens (tertiary/aromatic N) is 2. The van der Waals surface area contributed by atoms with Crippen molar-refractivity contribution >= 4 is 31.9 Å². The summed E-state index contributed by atoms with van der Waals surface area (Å²) in [5.74, 6) is -2.44. The number of nitrogens with one attached hydrogen (secondary N) is 2. The number of hydrogen-bond acceptors (Lipinski definition) is 7. The summed E-state index contributed by atoms with van der Waals surface area (Å²) in [5, 5.41) is 11.0. The van der Waals surface area contributed by atoms with Crippen molar-refractivity contribution in [1.29, 1.82) is 0 Å². The summed E-state index contributed by atoms with van der Waals surface area (Å²) >= 11 is 0. The molecule has 11 nitrogen and oxygen atoms in total. The molecule has 46 heavy (non-hydrogen) atoms. The van der Waals surface area contributed by atoms with Gasteiger partial charge in [0.25, 0.3) is 0 Å². The molecule has 2 aromatic carbocycles. The Morgan fingerprint density at radius 1 is 1.02 bits per heavy atom. The van der Waals surface area contributed by atoms with E-state index in [1.54, 1.807) is 43.6 Å². The Balaban J connectivity index is 1.80. The van der Waals surface area contributed by atoms with Crippen molar-refractivity contribution < 1.29 is 44.7 Å². The predicted molar refractivity (Wildman–Crippen MR) is 164 cm³/mol. The van der Waals surface area contributed by atoms with Gasteiger partial charge >= 0.3 is 12.1 Å². The van der Waals surface area contributed by atoms with Crippen LogP contribution in [0.3, 0.4) is 0 Å². The lowest BCUT2D eigenvalue weighted by Gasteiger charge is -2.30. The minimum atomic E-state index is -4.92. The van der Waals surface area contributed by atoms with Crippen molar-refractivity contribution in [3.63, 3.8) is 0 Å². The van der Waals surface area contributed by atoms with Crippen LogP contribution in [0.5, 0.6) is 0 Å². The van der Waals surface area contributed by atoms with Crippen molar-refractivity contribution in [1.82, 2.24) is 19.3 Å². The summed E-state index contributed by atoms with van der Waals surface area (Å²) in [6.07, 6.45) is -1.48. The van der Waals surface area contributed by atoms with Gasteiger partial charge in [-0.15, -0.1) is 0 Å². The number of carboxylic acids is 1. The van der Waals surface area contributed by atoms with Crippen LogP contribution in [0.25, 0.3) is 11.1 Å². The van der Waals surface area contributed by atoms with E-state index in [0.29, 0.717) is 11.6 Å². The maximum Gasteiger partial charge on any atom is 0.417 e. The highest BCUT2D eigenvalue weighted by molar-refractivity contribution is 7.89. The number of carbonyl (C=O) groups excluding carboxylic acids is 1. The molecule has 1 atom stereocenters. The number of rotatable bonds is 16. The second kappa shape index (κ2) is 15.6. The number of benzene rings is 2. The Bertz CT molecular complexity index is 1750. The number of pyridine rings is 1. The molecule has 0 bridgehead atoms. The monoisotopic (exact) mass is 684 g/mol. The zero-order chi connectivity index (χ0) is 34.1. The van der Waals surface area contributed by atoms with Crippen LogP contribution in [-0.2, 0) is 35.8 Å². The van der Waals surface area contributed by atoms with Crippen LogP contribution in [0.1, 0.15) is 48.9 Å². The highest BCUT2D eigenvalue weighted by atomic mass is 32.2. The van der Waals surface area contributed by atoms with Crippen LogP contribution in [0, 0.1) is 6.92 Å². The fourth-order valence-corrected chi connectivity index (χ4v) is 7.44. The molecule has 1 aromatic heterocycles. The molecule has 250 valence electrons. The van der Waals surface area contributed by atoms with E-state index in [2.05, 4.69) is 10.3 Å². The number of halogens is 3. The smallest absolute Gasteiger partial charge is 0.417 e. The zero-order valence-electron chi connectivity index (χ0n) is 25.1. The summed E-state index contributed by atoms with van der Waals surface area (Å²) in [6.45, 7) is 2.16. The van der Waals surface area contributed by atoms with Crippen LogP contribution in [0.2, 0.25) is 0 Å². The van der Waals surface area contributed by atoms with Gasteiger partial charge in [-0.1, -0.05) is 30.3 Å². The number of sulfonamides is 2. The Morgan fingerprint density at radius 2 is 1.74 bits per heavy atom. The summed E-state index contributed by atoms with van der Waals surface area (Å²) in [5.41, 5.74) is 1.76. The van der Waals surface area contributed by atoms with Gasteiger partial charge in [-0.2, -0.15) is 17.5 Å². The van der Waals surface area contributed by atoms with Crippen LogP contribution in [0.4, 0.5) is 13.2 Å². The van der Waals surface area contributed by atoms with Crippen molar-refractivity contribution in [2.75, 3.05) is 25.4 Å². The van der Waals surface area contributed by atoms with E-state index < -0.39 is 66.9 Å². The molecule has 0 aliphatic rings. The molecule has 0 fully saturated rings. The molecule has 0 saturated carbocycles.